The number of benzene rings is 1. The van der Waals surface area contributed by atoms with E-state index in [1.165, 1.54) is 42.1 Å². The van der Waals surface area contributed by atoms with Gasteiger partial charge in [0.25, 0.3) is 0 Å². The van der Waals surface area contributed by atoms with Gasteiger partial charge >= 0.3 is 0 Å². The van der Waals surface area contributed by atoms with E-state index in [2.05, 4.69) is 0 Å². The molecule has 1 amide bonds. The standard InChI is InChI=1S/C18H25ClN2O3S/c19-16-6-8-17(9-7-16)25(23,24)21-13-11-20(12-14-21)18(22)10-5-15-3-1-2-4-15/h6-9,15H,1-5,10-14H2. The van der Waals surface area contributed by atoms with Crippen LogP contribution in [0, 0.1) is 5.92 Å². The average Bonchev–Trinajstić information content (AvgIpc) is 3.14. The Kier molecular flexibility index (Phi) is 6.02. The number of rotatable bonds is 5. The first kappa shape index (κ1) is 18.7. The van der Waals surface area contributed by atoms with Gasteiger partial charge in [-0.05, 0) is 36.6 Å². The molecule has 3 rings (SSSR count). The molecule has 2 fully saturated rings. The lowest BCUT2D eigenvalue weighted by atomic mass is 10.0. The van der Waals surface area contributed by atoms with Crippen molar-refractivity contribution in [3.8, 4) is 0 Å². The fraction of sp³-hybridized carbons (Fsp3) is 0.611. The van der Waals surface area contributed by atoms with Crippen LogP contribution in [0.4, 0.5) is 0 Å². The first-order chi connectivity index (χ1) is 12.0. The second kappa shape index (κ2) is 8.06. The molecule has 1 aliphatic carbocycles. The number of piperazine rings is 1. The number of nitrogens with zero attached hydrogens (tertiary/aromatic N) is 2. The van der Waals surface area contributed by atoms with Crippen LogP contribution in [0.25, 0.3) is 0 Å². The summed E-state index contributed by atoms with van der Waals surface area (Å²) in [5.74, 6) is 0.867. The van der Waals surface area contributed by atoms with Crippen LogP contribution in [0.5, 0.6) is 0 Å². The Morgan fingerprint density at radius 1 is 1.04 bits per heavy atom. The predicted octanol–water partition coefficient (Wildman–Crippen LogP) is 3.14. The highest BCUT2D eigenvalue weighted by Crippen LogP contribution is 2.29. The van der Waals surface area contributed by atoms with Gasteiger partial charge in [-0.25, -0.2) is 8.42 Å². The molecule has 0 atom stereocenters. The molecule has 1 saturated heterocycles. The van der Waals surface area contributed by atoms with E-state index < -0.39 is 10.0 Å². The number of hydrogen-bond acceptors (Lipinski definition) is 3. The topological polar surface area (TPSA) is 57.7 Å². The Bertz CT molecular complexity index is 692. The zero-order valence-electron chi connectivity index (χ0n) is 14.4. The Hall–Kier alpha value is -1.11. The molecule has 1 aliphatic heterocycles. The fourth-order valence-corrected chi connectivity index (χ4v) is 5.27. The monoisotopic (exact) mass is 384 g/mol. The largest absolute Gasteiger partial charge is 0.340 e. The maximum Gasteiger partial charge on any atom is 0.243 e. The van der Waals surface area contributed by atoms with E-state index in [9.17, 15) is 13.2 Å². The molecule has 1 aromatic rings. The molecule has 138 valence electrons. The molecule has 5 nitrogen and oxygen atoms in total. The van der Waals surface area contributed by atoms with Crippen molar-refractivity contribution in [2.75, 3.05) is 26.2 Å². The zero-order chi connectivity index (χ0) is 17.9. The first-order valence-corrected chi connectivity index (χ1v) is 10.8. The quantitative estimate of drug-likeness (QED) is 0.783. The van der Waals surface area contributed by atoms with E-state index in [1.807, 2.05) is 4.90 Å². The van der Waals surface area contributed by atoms with Crippen molar-refractivity contribution in [2.24, 2.45) is 5.92 Å². The van der Waals surface area contributed by atoms with E-state index in [4.69, 9.17) is 11.6 Å². The number of amides is 1. The van der Waals surface area contributed by atoms with Gasteiger partial charge < -0.3 is 4.90 Å². The van der Waals surface area contributed by atoms with Gasteiger partial charge in [-0.1, -0.05) is 37.3 Å². The van der Waals surface area contributed by atoms with Gasteiger partial charge in [0.1, 0.15) is 0 Å². The van der Waals surface area contributed by atoms with Crippen LogP contribution in [0.15, 0.2) is 29.2 Å². The smallest absolute Gasteiger partial charge is 0.243 e. The van der Waals surface area contributed by atoms with Crippen molar-refractivity contribution in [1.29, 1.82) is 0 Å². The van der Waals surface area contributed by atoms with Crippen molar-refractivity contribution < 1.29 is 13.2 Å². The van der Waals surface area contributed by atoms with Gasteiger partial charge in [0.2, 0.25) is 15.9 Å². The molecule has 0 radical (unpaired) electrons. The van der Waals surface area contributed by atoms with Crippen LogP contribution in [0.3, 0.4) is 0 Å². The maximum absolute atomic E-state index is 12.7. The van der Waals surface area contributed by atoms with Crippen molar-refractivity contribution in [3.05, 3.63) is 29.3 Å². The van der Waals surface area contributed by atoms with Crippen LogP contribution in [0.1, 0.15) is 38.5 Å². The SMILES string of the molecule is O=C(CCC1CCCC1)N1CCN(S(=O)(=O)c2ccc(Cl)cc2)CC1. The zero-order valence-corrected chi connectivity index (χ0v) is 15.9. The lowest BCUT2D eigenvalue weighted by molar-refractivity contribution is -0.132. The minimum Gasteiger partial charge on any atom is -0.340 e. The highest BCUT2D eigenvalue weighted by atomic mass is 35.5. The van der Waals surface area contributed by atoms with Crippen LogP contribution >= 0.6 is 11.6 Å². The van der Waals surface area contributed by atoms with Gasteiger partial charge in [0, 0.05) is 37.6 Å². The number of sulfonamides is 1. The van der Waals surface area contributed by atoms with E-state index in [1.54, 1.807) is 12.1 Å². The van der Waals surface area contributed by atoms with Crippen molar-refractivity contribution in [3.63, 3.8) is 0 Å². The summed E-state index contributed by atoms with van der Waals surface area (Å²) in [6, 6.07) is 6.21. The van der Waals surface area contributed by atoms with Crippen LogP contribution in [-0.4, -0.2) is 49.7 Å². The molecule has 7 heteroatoms. The fourth-order valence-electron chi connectivity index (χ4n) is 3.72. The Balaban J connectivity index is 1.52. The summed E-state index contributed by atoms with van der Waals surface area (Å²) < 4.78 is 26.8. The summed E-state index contributed by atoms with van der Waals surface area (Å²) in [5.41, 5.74) is 0. The Labute approximate surface area is 155 Å². The van der Waals surface area contributed by atoms with Gasteiger partial charge in [-0.3, -0.25) is 4.79 Å². The third kappa shape index (κ3) is 4.54. The Morgan fingerprint density at radius 2 is 1.64 bits per heavy atom. The molecule has 0 aromatic heterocycles. The third-order valence-corrected chi connectivity index (χ3v) is 7.45. The van der Waals surface area contributed by atoms with Crippen LogP contribution in [0.2, 0.25) is 5.02 Å². The van der Waals surface area contributed by atoms with E-state index in [-0.39, 0.29) is 10.8 Å². The average molecular weight is 385 g/mol. The van der Waals surface area contributed by atoms with Gasteiger partial charge in [0.05, 0.1) is 4.90 Å². The summed E-state index contributed by atoms with van der Waals surface area (Å²) >= 11 is 5.83. The molecule has 0 unspecified atom stereocenters. The predicted molar refractivity (Wildman–Crippen MR) is 98.0 cm³/mol. The number of carbonyl (C=O) groups excluding carboxylic acids is 1. The van der Waals surface area contributed by atoms with E-state index >= 15 is 0 Å². The lowest BCUT2D eigenvalue weighted by Gasteiger charge is -2.34. The maximum atomic E-state index is 12.7. The third-order valence-electron chi connectivity index (χ3n) is 5.28. The molecule has 25 heavy (non-hydrogen) atoms. The number of carbonyl (C=O) groups is 1. The normalized spacial score (nSPS) is 20.1. The summed E-state index contributed by atoms with van der Waals surface area (Å²) in [4.78, 5) is 14.4. The summed E-state index contributed by atoms with van der Waals surface area (Å²) in [5, 5.41) is 0.511. The van der Waals surface area contributed by atoms with E-state index in [0.29, 0.717) is 43.5 Å². The van der Waals surface area contributed by atoms with Gasteiger partial charge in [-0.2, -0.15) is 4.31 Å². The van der Waals surface area contributed by atoms with Crippen molar-refractivity contribution >= 4 is 27.5 Å². The number of halogens is 1. The molecule has 0 spiro atoms. The van der Waals surface area contributed by atoms with E-state index in [0.717, 1.165) is 6.42 Å². The second-order valence-corrected chi connectivity index (χ2v) is 9.30. The molecular formula is C18H25ClN2O3S. The Morgan fingerprint density at radius 3 is 2.24 bits per heavy atom. The highest BCUT2D eigenvalue weighted by Gasteiger charge is 2.30. The molecule has 1 saturated carbocycles. The van der Waals surface area contributed by atoms with Crippen molar-refractivity contribution in [1.82, 2.24) is 9.21 Å². The summed E-state index contributed by atoms with van der Waals surface area (Å²) in [7, 11) is -3.52. The number of hydrogen-bond donors (Lipinski definition) is 0. The molecule has 2 aliphatic rings. The second-order valence-electron chi connectivity index (χ2n) is 6.93. The molecule has 1 heterocycles. The molecule has 0 bridgehead atoms. The lowest BCUT2D eigenvalue weighted by Crippen LogP contribution is -2.50. The van der Waals surface area contributed by atoms with Crippen molar-refractivity contribution in [2.45, 2.75) is 43.4 Å². The van der Waals surface area contributed by atoms with Gasteiger partial charge in [0.15, 0.2) is 0 Å². The molecule has 1 aromatic carbocycles. The van der Waals surface area contributed by atoms with Crippen LogP contribution < -0.4 is 0 Å². The minimum absolute atomic E-state index is 0.162. The summed E-state index contributed by atoms with van der Waals surface area (Å²) in [6.07, 6.45) is 6.65. The molecular weight excluding hydrogens is 360 g/mol. The summed E-state index contributed by atoms with van der Waals surface area (Å²) in [6.45, 7) is 1.63. The minimum atomic E-state index is -3.52. The van der Waals surface area contributed by atoms with Crippen LogP contribution in [-0.2, 0) is 14.8 Å². The first-order valence-electron chi connectivity index (χ1n) is 9.00. The highest BCUT2D eigenvalue weighted by molar-refractivity contribution is 7.89. The van der Waals surface area contributed by atoms with Gasteiger partial charge in [-0.15, -0.1) is 0 Å². The molecule has 0 N–H and O–H groups in total.